The van der Waals surface area contributed by atoms with E-state index in [1.165, 1.54) is 30.5 Å². The number of hydrogen-bond donors (Lipinski definition) is 1. The molecule has 0 aliphatic carbocycles. The number of carbonyl (C=O) groups is 2. The van der Waals surface area contributed by atoms with Crippen molar-refractivity contribution in [3.05, 3.63) is 82.8 Å². The Kier molecular flexibility index (Phi) is 5.10. The molecule has 1 unspecified atom stereocenters. The lowest BCUT2D eigenvalue weighted by molar-refractivity contribution is -0.117. The van der Waals surface area contributed by atoms with E-state index in [1.807, 2.05) is 0 Å². The summed E-state index contributed by atoms with van der Waals surface area (Å²) in [6, 6.07) is 12.9. The lowest BCUT2D eigenvalue weighted by atomic mass is 9.95. The van der Waals surface area contributed by atoms with Crippen LogP contribution in [0, 0.1) is 0 Å². The van der Waals surface area contributed by atoms with Gasteiger partial charge in [-0.05, 0) is 29.8 Å². The maximum atomic E-state index is 13.6. The number of furan rings is 1. The number of Topliss-reactive ketones (excluding diaryl/α,β-unsaturated/α-hetero) is 1. The van der Waals surface area contributed by atoms with E-state index in [-0.39, 0.29) is 11.3 Å². The highest BCUT2D eigenvalue weighted by Gasteiger charge is 2.46. The number of methoxy groups -OCH3 is 2. The van der Waals surface area contributed by atoms with Gasteiger partial charge in [0.15, 0.2) is 28.0 Å². The molecule has 8 nitrogen and oxygen atoms in total. The Bertz CT molecular complexity index is 1410. The van der Waals surface area contributed by atoms with Crippen molar-refractivity contribution in [3.63, 3.8) is 0 Å². The monoisotopic (exact) mass is 462 g/mol. The van der Waals surface area contributed by atoms with Crippen LogP contribution in [0.25, 0.3) is 11.0 Å². The number of carbonyl (C=O) groups excluding carboxylic acids is 2. The number of benzene rings is 2. The summed E-state index contributed by atoms with van der Waals surface area (Å²) < 4.78 is 16.5. The Morgan fingerprint density at radius 3 is 2.70 bits per heavy atom. The molecule has 33 heavy (non-hydrogen) atoms. The van der Waals surface area contributed by atoms with E-state index in [4.69, 9.17) is 13.9 Å². The second-order valence-corrected chi connectivity index (χ2v) is 8.12. The first kappa shape index (κ1) is 20.8. The molecule has 1 amide bonds. The van der Waals surface area contributed by atoms with E-state index in [0.717, 1.165) is 0 Å². The van der Waals surface area contributed by atoms with Crippen molar-refractivity contribution >= 4 is 39.1 Å². The molecule has 1 atom stereocenters. The molecule has 0 radical (unpaired) electrons. The summed E-state index contributed by atoms with van der Waals surface area (Å²) in [6.45, 7) is 0. The topological polar surface area (TPSA) is 102 Å². The van der Waals surface area contributed by atoms with Gasteiger partial charge in [0.05, 0.1) is 25.8 Å². The van der Waals surface area contributed by atoms with Crippen molar-refractivity contribution in [2.75, 3.05) is 19.1 Å². The summed E-state index contributed by atoms with van der Waals surface area (Å²) in [5.74, 6) is -0.958. The summed E-state index contributed by atoms with van der Waals surface area (Å²) in [7, 11) is 3.03. The molecule has 1 N–H and O–H groups in total. The maximum Gasteiger partial charge on any atom is 0.296 e. The second-order valence-electron chi connectivity index (χ2n) is 7.25. The first-order valence-electron chi connectivity index (χ1n) is 9.95. The van der Waals surface area contributed by atoms with Crippen LogP contribution in [0.1, 0.15) is 22.2 Å². The number of para-hydroxylation sites is 1. The fourth-order valence-electron chi connectivity index (χ4n) is 3.94. The number of amides is 1. The summed E-state index contributed by atoms with van der Waals surface area (Å²) in [5, 5.41) is 13.6. The summed E-state index contributed by atoms with van der Waals surface area (Å²) in [4.78, 5) is 32.3. The van der Waals surface area contributed by atoms with Crippen LogP contribution in [0.15, 0.2) is 75.9 Å². The fourth-order valence-corrected chi connectivity index (χ4v) is 4.61. The van der Waals surface area contributed by atoms with Gasteiger partial charge in [-0.15, -0.1) is 11.3 Å². The summed E-state index contributed by atoms with van der Waals surface area (Å²) in [5.41, 5.74) is 0.892. The van der Waals surface area contributed by atoms with Crippen LogP contribution in [0.5, 0.6) is 11.5 Å². The predicted octanol–water partition coefficient (Wildman–Crippen LogP) is 4.69. The Morgan fingerprint density at radius 1 is 1.15 bits per heavy atom. The Hall–Kier alpha value is -4.11. The number of aromatic nitrogens is 1. The molecule has 5 rings (SSSR count). The van der Waals surface area contributed by atoms with E-state index >= 15 is 0 Å². The third-order valence-electron chi connectivity index (χ3n) is 5.44. The number of anilines is 1. The molecular weight excluding hydrogens is 444 g/mol. The van der Waals surface area contributed by atoms with Crippen LogP contribution in [0.3, 0.4) is 0 Å². The molecule has 2 aromatic heterocycles. The SMILES string of the molecule is COc1cccc(C2C(C(=O)c3cc4cccc(OC)c4o3)=C(O)C(=O)N2c2nccs2)c1. The van der Waals surface area contributed by atoms with E-state index in [1.54, 1.807) is 60.1 Å². The lowest BCUT2D eigenvalue weighted by Crippen LogP contribution is -2.30. The molecule has 0 spiro atoms. The Morgan fingerprint density at radius 2 is 1.97 bits per heavy atom. The smallest absolute Gasteiger partial charge is 0.296 e. The quantitative estimate of drug-likeness (QED) is 0.415. The first-order chi connectivity index (χ1) is 16.0. The van der Waals surface area contributed by atoms with Crippen LogP contribution >= 0.6 is 11.3 Å². The van der Waals surface area contributed by atoms with Gasteiger partial charge in [-0.25, -0.2) is 4.98 Å². The van der Waals surface area contributed by atoms with Crippen molar-refractivity contribution in [2.24, 2.45) is 0 Å². The molecule has 0 fully saturated rings. The summed E-state index contributed by atoms with van der Waals surface area (Å²) in [6.07, 6.45) is 1.55. The van der Waals surface area contributed by atoms with Crippen LogP contribution in [0.4, 0.5) is 5.13 Å². The van der Waals surface area contributed by atoms with Gasteiger partial charge in [0, 0.05) is 17.0 Å². The second kappa shape index (κ2) is 8.10. The molecular formula is C24H18N2O6S. The van der Waals surface area contributed by atoms with E-state index in [2.05, 4.69) is 4.98 Å². The molecule has 166 valence electrons. The Labute approximate surface area is 192 Å². The number of ether oxygens (including phenoxy) is 2. The van der Waals surface area contributed by atoms with Crippen molar-refractivity contribution in [3.8, 4) is 11.5 Å². The number of ketones is 1. The van der Waals surface area contributed by atoms with Crippen LogP contribution in [-0.2, 0) is 4.79 Å². The normalized spacial score (nSPS) is 16.0. The number of hydrogen-bond acceptors (Lipinski definition) is 8. The molecule has 0 bridgehead atoms. The van der Waals surface area contributed by atoms with Crippen molar-refractivity contribution in [1.29, 1.82) is 0 Å². The molecule has 0 saturated heterocycles. The van der Waals surface area contributed by atoms with Crippen LogP contribution in [0.2, 0.25) is 0 Å². The molecule has 1 aliphatic rings. The third kappa shape index (κ3) is 3.33. The van der Waals surface area contributed by atoms with Gasteiger partial charge in [0.25, 0.3) is 5.91 Å². The van der Waals surface area contributed by atoms with Crippen molar-refractivity contribution < 1.29 is 28.6 Å². The van der Waals surface area contributed by atoms with Gasteiger partial charge in [-0.1, -0.05) is 24.3 Å². The number of aliphatic hydroxyl groups is 1. The molecule has 0 saturated carbocycles. The van der Waals surface area contributed by atoms with E-state index < -0.39 is 23.5 Å². The number of thiazole rings is 1. The number of aliphatic hydroxyl groups excluding tert-OH is 1. The minimum Gasteiger partial charge on any atom is -0.503 e. The number of fused-ring (bicyclic) bond motifs is 1. The average molecular weight is 462 g/mol. The maximum absolute atomic E-state index is 13.6. The van der Waals surface area contributed by atoms with E-state index in [9.17, 15) is 14.7 Å². The lowest BCUT2D eigenvalue weighted by Gasteiger charge is -2.24. The van der Waals surface area contributed by atoms with Crippen molar-refractivity contribution in [1.82, 2.24) is 4.98 Å². The number of nitrogens with zero attached hydrogens (tertiary/aromatic N) is 2. The third-order valence-corrected chi connectivity index (χ3v) is 6.21. The van der Waals surface area contributed by atoms with Crippen LogP contribution in [-0.4, -0.2) is 36.0 Å². The van der Waals surface area contributed by atoms with Gasteiger partial charge < -0.3 is 19.0 Å². The fraction of sp³-hybridized carbons (Fsp3) is 0.125. The largest absolute Gasteiger partial charge is 0.503 e. The van der Waals surface area contributed by atoms with Gasteiger partial charge in [0.2, 0.25) is 5.78 Å². The highest BCUT2D eigenvalue weighted by Crippen LogP contribution is 2.43. The van der Waals surface area contributed by atoms with Gasteiger partial charge >= 0.3 is 0 Å². The molecule has 3 heterocycles. The molecule has 2 aromatic carbocycles. The van der Waals surface area contributed by atoms with Crippen molar-refractivity contribution in [2.45, 2.75) is 6.04 Å². The standard InChI is InChI=1S/C24H18N2O6S/c1-30-15-7-3-5-13(11-15)19-18(21(28)23(29)26(19)24-25-9-10-33-24)20(27)17-12-14-6-4-8-16(31-2)22(14)32-17/h3-12,19,28H,1-2H3. The molecule has 9 heteroatoms. The highest BCUT2D eigenvalue weighted by atomic mass is 32.1. The summed E-state index contributed by atoms with van der Waals surface area (Å²) >= 11 is 1.23. The molecule has 4 aromatic rings. The molecule has 1 aliphatic heterocycles. The minimum atomic E-state index is -0.915. The Balaban J connectivity index is 1.66. The van der Waals surface area contributed by atoms with Gasteiger partial charge in [0.1, 0.15) is 5.75 Å². The first-order valence-corrected chi connectivity index (χ1v) is 10.8. The zero-order valence-corrected chi connectivity index (χ0v) is 18.5. The van der Waals surface area contributed by atoms with Crippen LogP contribution < -0.4 is 14.4 Å². The predicted molar refractivity (Wildman–Crippen MR) is 122 cm³/mol. The van der Waals surface area contributed by atoms with Gasteiger partial charge in [-0.3, -0.25) is 14.5 Å². The minimum absolute atomic E-state index is 0.0160. The zero-order chi connectivity index (χ0) is 23.1. The highest BCUT2D eigenvalue weighted by molar-refractivity contribution is 7.13. The van der Waals surface area contributed by atoms with Gasteiger partial charge in [-0.2, -0.15) is 0 Å². The average Bonchev–Trinajstić information content (AvgIpc) is 3.57. The zero-order valence-electron chi connectivity index (χ0n) is 17.6. The van der Waals surface area contributed by atoms with E-state index in [0.29, 0.717) is 33.2 Å². The number of rotatable bonds is 6.